The molecule has 1 aliphatic rings. The summed E-state index contributed by atoms with van der Waals surface area (Å²) < 4.78 is 4.34. The van der Waals surface area contributed by atoms with Crippen LogP contribution in [-0.2, 0) is 9.53 Å². The molecule has 0 unspecified atom stereocenters. The molecule has 3 rings (SSSR count). The number of hydrogen-bond acceptors (Lipinski definition) is 7. The molecule has 0 saturated carbocycles. The van der Waals surface area contributed by atoms with Crippen molar-refractivity contribution >= 4 is 17.6 Å². The molecule has 1 aliphatic heterocycles. The molecule has 2 aromatic carbocycles. The van der Waals surface area contributed by atoms with Crippen molar-refractivity contribution < 1.29 is 40.2 Å². The van der Waals surface area contributed by atoms with Gasteiger partial charge in [0.15, 0.2) is 12.4 Å². The highest BCUT2D eigenvalue weighted by Gasteiger charge is 2.46. The number of carbonyl (C=O) groups is 1. The van der Waals surface area contributed by atoms with Crippen molar-refractivity contribution in [3.8, 4) is 16.9 Å². The predicted octanol–water partition coefficient (Wildman–Crippen LogP) is 0.584. The van der Waals surface area contributed by atoms with E-state index < -0.39 is 36.7 Å². The van der Waals surface area contributed by atoms with Crippen molar-refractivity contribution in [1.29, 1.82) is 0 Å². The van der Waals surface area contributed by atoms with E-state index in [1.165, 1.54) is 0 Å². The van der Waals surface area contributed by atoms with Crippen LogP contribution in [0.5, 0.6) is 5.75 Å². The molecule has 0 radical (unpaired) electrons. The van der Waals surface area contributed by atoms with Crippen LogP contribution in [0, 0.1) is 0 Å². The summed E-state index contributed by atoms with van der Waals surface area (Å²) in [4.78, 5) is 10.4. The maximum Gasteiger partial charge on any atom is 0.335 e. The first-order chi connectivity index (χ1) is 12.7. The molecule has 1 fully saturated rings. The lowest BCUT2D eigenvalue weighted by Gasteiger charge is -2.36. The van der Waals surface area contributed by atoms with Gasteiger partial charge in [0, 0.05) is 5.56 Å². The summed E-state index contributed by atoms with van der Waals surface area (Å²) in [5.41, 5.74) is 1.73. The molecule has 146 valence electrons. The van der Waals surface area contributed by atoms with Crippen LogP contribution in [0.3, 0.4) is 0 Å². The Balaban J connectivity index is 0.000000194. The van der Waals surface area contributed by atoms with Gasteiger partial charge in [0.2, 0.25) is 0 Å². The van der Waals surface area contributed by atoms with Crippen LogP contribution in [-0.4, -0.2) is 67.3 Å². The fourth-order valence-electron chi connectivity index (χ4n) is 2.43. The number of ether oxygens (including phenoxy) is 1. The molecule has 0 amide bonds. The quantitative estimate of drug-likeness (QED) is 0.430. The van der Waals surface area contributed by atoms with Crippen molar-refractivity contribution in [2.75, 3.05) is 0 Å². The van der Waals surface area contributed by atoms with E-state index in [1.807, 2.05) is 42.5 Å². The van der Waals surface area contributed by atoms with Gasteiger partial charge in [-0.25, -0.2) is 4.79 Å². The smallest absolute Gasteiger partial charge is 0.335 e. The SMILES string of the molecule is O=C(O)[C@H]1O[C@@H](O)[C@H](O)[C@@H](O)[C@@H]1O.Oc1c(Cl)cccc1-c1ccccc1. The lowest BCUT2D eigenvalue weighted by molar-refractivity contribution is -0.279. The average molecular weight is 399 g/mol. The Labute approximate surface area is 159 Å². The molecule has 2 aromatic rings. The normalized spacial score (nSPS) is 27.4. The standard InChI is InChI=1S/C12H9ClO.C6H10O7/c13-11-8-4-7-10(12(11)14)9-5-2-1-3-6-9;7-1-2(8)4(5(10)11)13-6(12)3(1)9/h1-8,14H;1-4,6-9,12H,(H,10,11)/t;1-,2-,3+,4-,6+/m.0/s1. The highest BCUT2D eigenvalue weighted by Crippen LogP contribution is 2.34. The van der Waals surface area contributed by atoms with Gasteiger partial charge in [-0.05, 0) is 11.6 Å². The summed E-state index contributed by atoms with van der Waals surface area (Å²) in [7, 11) is 0. The lowest BCUT2D eigenvalue weighted by Crippen LogP contribution is -2.59. The van der Waals surface area contributed by atoms with E-state index in [0.717, 1.165) is 11.1 Å². The number of aromatic hydroxyl groups is 1. The largest absolute Gasteiger partial charge is 0.506 e. The Morgan fingerprint density at radius 1 is 0.889 bits per heavy atom. The number of phenolic OH excluding ortho intramolecular Hbond substituents is 1. The summed E-state index contributed by atoms with van der Waals surface area (Å²) in [6.07, 6.45) is -8.72. The van der Waals surface area contributed by atoms with E-state index in [0.29, 0.717) is 5.02 Å². The van der Waals surface area contributed by atoms with Crippen LogP contribution in [0.1, 0.15) is 0 Å². The van der Waals surface area contributed by atoms with Gasteiger partial charge in [-0.1, -0.05) is 54.1 Å². The van der Waals surface area contributed by atoms with Gasteiger partial charge in [0.1, 0.15) is 24.1 Å². The molecule has 9 heteroatoms. The summed E-state index contributed by atoms with van der Waals surface area (Å²) in [5.74, 6) is -1.38. The molecule has 0 aliphatic carbocycles. The third-order valence-electron chi connectivity index (χ3n) is 3.90. The number of carboxylic acid groups (broad SMARTS) is 1. The van der Waals surface area contributed by atoms with E-state index in [2.05, 4.69) is 4.74 Å². The average Bonchev–Trinajstić information content (AvgIpc) is 2.66. The fraction of sp³-hybridized carbons (Fsp3) is 0.278. The first-order valence-corrected chi connectivity index (χ1v) is 8.25. The second kappa shape index (κ2) is 9.14. The van der Waals surface area contributed by atoms with E-state index >= 15 is 0 Å². The number of carboxylic acids is 1. The molecular weight excluding hydrogens is 380 g/mol. The molecule has 0 bridgehead atoms. The van der Waals surface area contributed by atoms with Crippen LogP contribution in [0.25, 0.3) is 11.1 Å². The van der Waals surface area contributed by atoms with E-state index in [9.17, 15) is 9.90 Å². The van der Waals surface area contributed by atoms with Crippen LogP contribution < -0.4 is 0 Å². The summed E-state index contributed by atoms with van der Waals surface area (Å²) >= 11 is 5.81. The van der Waals surface area contributed by atoms with Crippen LogP contribution >= 0.6 is 11.6 Å². The highest BCUT2D eigenvalue weighted by atomic mass is 35.5. The van der Waals surface area contributed by atoms with E-state index in [-0.39, 0.29) is 5.75 Å². The second-order valence-electron chi connectivity index (χ2n) is 5.76. The number of aliphatic carboxylic acids is 1. The first-order valence-electron chi connectivity index (χ1n) is 7.87. The predicted molar refractivity (Wildman–Crippen MR) is 95.1 cm³/mol. The fourth-order valence-corrected chi connectivity index (χ4v) is 2.61. The Kier molecular flexibility index (Phi) is 7.14. The highest BCUT2D eigenvalue weighted by molar-refractivity contribution is 6.32. The van der Waals surface area contributed by atoms with Gasteiger partial charge in [0.05, 0.1) is 5.02 Å². The zero-order chi connectivity index (χ0) is 20.1. The molecule has 27 heavy (non-hydrogen) atoms. The lowest BCUT2D eigenvalue weighted by atomic mass is 9.99. The summed E-state index contributed by atoms with van der Waals surface area (Å²) in [6.45, 7) is 0. The third kappa shape index (κ3) is 4.95. The van der Waals surface area contributed by atoms with Crippen LogP contribution in [0.4, 0.5) is 0 Å². The topological polar surface area (TPSA) is 148 Å². The maximum atomic E-state index is 10.4. The van der Waals surface area contributed by atoms with Crippen molar-refractivity contribution in [1.82, 2.24) is 0 Å². The van der Waals surface area contributed by atoms with Crippen LogP contribution in [0.15, 0.2) is 48.5 Å². The maximum absolute atomic E-state index is 10.4. The molecule has 0 spiro atoms. The number of benzene rings is 2. The first kappa shape index (κ1) is 21.1. The van der Waals surface area contributed by atoms with E-state index in [4.69, 9.17) is 37.1 Å². The Bertz CT molecular complexity index is 769. The van der Waals surface area contributed by atoms with Gasteiger partial charge in [-0.2, -0.15) is 0 Å². The molecule has 5 atom stereocenters. The van der Waals surface area contributed by atoms with Crippen molar-refractivity contribution in [3.63, 3.8) is 0 Å². The number of para-hydroxylation sites is 1. The minimum Gasteiger partial charge on any atom is -0.506 e. The number of halogens is 1. The number of aliphatic hydroxyl groups excluding tert-OH is 4. The number of aliphatic hydroxyl groups is 4. The second-order valence-corrected chi connectivity index (χ2v) is 6.17. The number of rotatable bonds is 2. The Hall–Kier alpha value is -2.20. The van der Waals surface area contributed by atoms with Gasteiger partial charge in [-0.3, -0.25) is 0 Å². The zero-order valence-corrected chi connectivity index (χ0v) is 14.6. The summed E-state index contributed by atoms with van der Waals surface area (Å²) in [5, 5.41) is 54.5. The number of hydrogen-bond donors (Lipinski definition) is 6. The number of phenols is 1. The van der Waals surface area contributed by atoms with Gasteiger partial charge in [0.25, 0.3) is 0 Å². The van der Waals surface area contributed by atoms with Gasteiger partial charge in [-0.15, -0.1) is 0 Å². The minimum absolute atomic E-state index is 0.139. The monoisotopic (exact) mass is 398 g/mol. The minimum atomic E-state index is -1.81. The van der Waals surface area contributed by atoms with Gasteiger partial charge >= 0.3 is 5.97 Å². The molecule has 6 N–H and O–H groups in total. The zero-order valence-electron chi connectivity index (χ0n) is 13.9. The van der Waals surface area contributed by atoms with Gasteiger partial charge < -0.3 is 35.4 Å². The molecule has 1 heterocycles. The molecular formula is C18H19ClO8. The molecule has 8 nitrogen and oxygen atoms in total. The summed E-state index contributed by atoms with van der Waals surface area (Å²) in [6, 6.07) is 15.0. The molecule has 1 saturated heterocycles. The Morgan fingerprint density at radius 3 is 2.11 bits per heavy atom. The molecule has 0 aromatic heterocycles. The third-order valence-corrected chi connectivity index (χ3v) is 4.21. The van der Waals surface area contributed by atoms with Crippen molar-refractivity contribution in [2.45, 2.75) is 30.7 Å². The van der Waals surface area contributed by atoms with E-state index in [1.54, 1.807) is 6.07 Å². The van der Waals surface area contributed by atoms with Crippen molar-refractivity contribution in [2.24, 2.45) is 0 Å². The van der Waals surface area contributed by atoms with Crippen molar-refractivity contribution in [3.05, 3.63) is 53.6 Å². The Morgan fingerprint density at radius 2 is 1.52 bits per heavy atom. The van der Waals surface area contributed by atoms with Crippen LogP contribution in [0.2, 0.25) is 5.02 Å².